The lowest BCUT2D eigenvalue weighted by Gasteiger charge is -2.38. The number of β-amino-alcohol motifs (C(OH)–C–C–N with tert-alkyl or cyclic N) is 1. The van der Waals surface area contributed by atoms with Crippen molar-refractivity contribution >= 4 is 17.2 Å². The van der Waals surface area contributed by atoms with Crippen molar-refractivity contribution in [3.63, 3.8) is 0 Å². The van der Waals surface area contributed by atoms with E-state index >= 15 is 0 Å². The van der Waals surface area contributed by atoms with Crippen molar-refractivity contribution in [3.05, 3.63) is 21.4 Å². The number of aryl methyl sites for hydroxylation is 2. The molecule has 3 aliphatic rings. The molecule has 1 amide bonds. The molecule has 0 radical (unpaired) electrons. The van der Waals surface area contributed by atoms with Crippen LogP contribution in [0.25, 0.3) is 0 Å². The van der Waals surface area contributed by atoms with E-state index in [-0.39, 0.29) is 17.4 Å². The number of nitrogens with one attached hydrogen (secondary N) is 1. The largest absolute Gasteiger partial charge is 0.392 e. The number of aliphatic hydroxyl groups excluding tert-OH is 1. The highest BCUT2D eigenvalue weighted by atomic mass is 32.1. The standard InChI is InChI=1S/C23H36N2O2S/c26-19-9-7-13-25(15-19)17-23(11-5-6-12-23)16-24-22(27)21-14-18-8-3-1-2-4-10-20(18)28-21/h14,19,26H,1-13,15-17H2,(H,24,27). The molecule has 28 heavy (non-hydrogen) atoms. The summed E-state index contributed by atoms with van der Waals surface area (Å²) in [4.78, 5) is 17.7. The molecule has 2 N–H and O–H groups in total. The van der Waals surface area contributed by atoms with Crippen molar-refractivity contribution in [1.29, 1.82) is 0 Å². The second-order valence-electron chi connectivity index (χ2n) is 9.39. The highest BCUT2D eigenvalue weighted by Crippen LogP contribution is 2.39. The Hall–Kier alpha value is -0.910. The maximum absolute atomic E-state index is 12.9. The maximum Gasteiger partial charge on any atom is 0.261 e. The number of likely N-dealkylation sites (tertiary alicyclic amines) is 1. The van der Waals surface area contributed by atoms with Gasteiger partial charge in [0.1, 0.15) is 0 Å². The lowest BCUT2D eigenvalue weighted by Crippen LogP contribution is -2.48. The van der Waals surface area contributed by atoms with Crippen molar-refractivity contribution in [3.8, 4) is 0 Å². The summed E-state index contributed by atoms with van der Waals surface area (Å²) in [6.07, 6.45) is 14.2. The number of fused-ring (bicyclic) bond motifs is 1. The molecule has 2 heterocycles. The summed E-state index contributed by atoms with van der Waals surface area (Å²) < 4.78 is 0. The Morgan fingerprint density at radius 2 is 1.93 bits per heavy atom. The minimum atomic E-state index is -0.174. The van der Waals surface area contributed by atoms with Crippen LogP contribution in [0.4, 0.5) is 0 Å². The quantitative estimate of drug-likeness (QED) is 0.775. The summed E-state index contributed by atoms with van der Waals surface area (Å²) in [6, 6.07) is 2.17. The van der Waals surface area contributed by atoms with Crippen LogP contribution >= 0.6 is 11.3 Å². The van der Waals surface area contributed by atoms with Gasteiger partial charge < -0.3 is 15.3 Å². The normalized spacial score (nSPS) is 25.7. The van der Waals surface area contributed by atoms with Gasteiger partial charge in [-0.3, -0.25) is 4.79 Å². The summed E-state index contributed by atoms with van der Waals surface area (Å²) in [5, 5.41) is 13.3. The first-order valence-corrected chi connectivity index (χ1v) is 12.3. The van der Waals surface area contributed by atoms with Crippen LogP contribution in [0.2, 0.25) is 0 Å². The molecule has 1 atom stereocenters. The predicted octanol–water partition coefficient (Wildman–Crippen LogP) is 4.15. The molecule has 156 valence electrons. The number of carbonyl (C=O) groups excluding carboxylic acids is 1. The number of thiophene rings is 1. The van der Waals surface area contributed by atoms with E-state index in [4.69, 9.17) is 0 Å². The topological polar surface area (TPSA) is 52.6 Å². The predicted molar refractivity (Wildman–Crippen MR) is 115 cm³/mol. The van der Waals surface area contributed by atoms with Gasteiger partial charge in [-0.15, -0.1) is 11.3 Å². The number of rotatable bonds is 5. The van der Waals surface area contributed by atoms with Crippen LogP contribution < -0.4 is 5.32 Å². The number of aliphatic hydroxyl groups is 1. The van der Waals surface area contributed by atoms with Gasteiger partial charge in [-0.2, -0.15) is 0 Å². The van der Waals surface area contributed by atoms with E-state index in [9.17, 15) is 9.90 Å². The molecular formula is C23H36N2O2S. The SMILES string of the molecule is O=C(NCC1(CN2CCCC(O)C2)CCCC1)c1cc2c(s1)CCCCCC2. The van der Waals surface area contributed by atoms with Gasteiger partial charge in [-0.1, -0.05) is 25.7 Å². The first-order valence-electron chi connectivity index (χ1n) is 11.4. The second-order valence-corrected chi connectivity index (χ2v) is 10.5. The van der Waals surface area contributed by atoms with Crippen LogP contribution in [-0.4, -0.2) is 48.2 Å². The Balaban J connectivity index is 1.37. The van der Waals surface area contributed by atoms with Gasteiger partial charge in [-0.25, -0.2) is 0 Å². The molecule has 1 aromatic rings. The Morgan fingerprint density at radius 1 is 1.14 bits per heavy atom. The summed E-state index contributed by atoms with van der Waals surface area (Å²) in [5.41, 5.74) is 1.62. The van der Waals surface area contributed by atoms with Crippen molar-refractivity contribution in [2.45, 2.75) is 83.2 Å². The molecule has 1 unspecified atom stereocenters. The number of nitrogens with zero attached hydrogens (tertiary/aromatic N) is 1. The number of piperidine rings is 1. The molecule has 4 rings (SSSR count). The third-order valence-corrected chi connectivity index (χ3v) is 8.28. The smallest absolute Gasteiger partial charge is 0.261 e. The monoisotopic (exact) mass is 404 g/mol. The van der Waals surface area contributed by atoms with Crippen LogP contribution in [-0.2, 0) is 12.8 Å². The maximum atomic E-state index is 12.9. The van der Waals surface area contributed by atoms with Crippen LogP contribution in [0.3, 0.4) is 0 Å². The molecule has 4 nitrogen and oxygen atoms in total. The molecule has 0 spiro atoms. The molecule has 0 bridgehead atoms. The van der Waals surface area contributed by atoms with E-state index in [1.165, 1.54) is 61.8 Å². The van der Waals surface area contributed by atoms with Gasteiger partial charge in [0.15, 0.2) is 0 Å². The minimum Gasteiger partial charge on any atom is -0.392 e. The zero-order valence-electron chi connectivity index (χ0n) is 17.2. The first kappa shape index (κ1) is 20.4. The number of amides is 1. The fourth-order valence-corrected chi connectivity index (χ4v) is 6.65. The van der Waals surface area contributed by atoms with Gasteiger partial charge in [0.05, 0.1) is 11.0 Å². The number of hydrogen-bond acceptors (Lipinski definition) is 4. The zero-order valence-corrected chi connectivity index (χ0v) is 18.0. The average Bonchev–Trinajstić information content (AvgIpc) is 3.27. The molecule has 1 saturated heterocycles. The summed E-state index contributed by atoms with van der Waals surface area (Å²) in [7, 11) is 0. The highest BCUT2D eigenvalue weighted by molar-refractivity contribution is 7.14. The van der Waals surface area contributed by atoms with Gasteiger partial charge in [-0.05, 0) is 69.5 Å². The summed E-state index contributed by atoms with van der Waals surface area (Å²) in [5.74, 6) is 0.127. The summed E-state index contributed by atoms with van der Waals surface area (Å²) >= 11 is 1.73. The molecule has 5 heteroatoms. The Kier molecular flexibility index (Phi) is 6.74. The molecular weight excluding hydrogens is 368 g/mol. The number of carbonyl (C=O) groups is 1. The second kappa shape index (κ2) is 9.27. The van der Waals surface area contributed by atoms with Crippen LogP contribution in [0.5, 0.6) is 0 Å². The van der Waals surface area contributed by atoms with Crippen molar-refractivity contribution in [1.82, 2.24) is 10.2 Å². The van der Waals surface area contributed by atoms with Crippen LogP contribution in [0.1, 0.15) is 84.3 Å². The molecule has 1 saturated carbocycles. The number of hydrogen-bond donors (Lipinski definition) is 2. The Bertz CT molecular complexity index is 640. The molecule has 1 aromatic heterocycles. The van der Waals surface area contributed by atoms with E-state index in [0.29, 0.717) is 0 Å². The third kappa shape index (κ3) is 4.98. The van der Waals surface area contributed by atoms with E-state index in [0.717, 1.165) is 56.7 Å². The van der Waals surface area contributed by atoms with Crippen molar-refractivity contribution in [2.75, 3.05) is 26.2 Å². The summed E-state index contributed by atoms with van der Waals surface area (Å²) in [6.45, 7) is 3.68. The minimum absolute atomic E-state index is 0.127. The lowest BCUT2D eigenvalue weighted by molar-refractivity contribution is 0.0431. The average molecular weight is 405 g/mol. The van der Waals surface area contributed by atoms with E-state index in [1.807, 2.05) is 0 Å². The first-order chi connectivity index (χ1) is 13.6. The Labute approximate surface area is 173 Å². The van der Waals surface area contributed by atoms with Crippen LogP contribution in [0.15, 0.2) is 6.07 Å². The van der Waals surface area contributed by atoms with Gasteiger partial charge in [0.2, 0.25) is 0 Å². The zero-order chi connectivity index (χ0) is 19.4. The lowest BCUT2D eigenvalue weighted by atomic mass is 9.84. The van der Waals surface area contributed by atoms with Crippen LogP contribution in [0, 0.1) is 5.41 Å². The van der Waals surface area contributed by atoms with E-state index in [1.54, 1.807) is 11.3 Å². The molecule has 0 aromatic carbocycles. The van der Waals surface area contributed by atoms with Crippen molar-refractivity contribution < 1.29 is 9.90 Å². The third-order valence-electron chi connectivity index (χ3n) is 7.05. The van der Waals surface area contributed by atoms with Gasteiger partial charge >= 0.3 is 0 Å². The van der Waals surface area contributed by atoms with E-state index < -0.39 is 0 Å². The molecule has 2 aliphatic carbocycles. The fourth-order valence-electron chi connectivity index (χ4n) is 5.48. The Morgan fingerprint density at radius 3 is 2.71 bits per heavy atom. The molecule has 1 aliphatic heterocycles. The molecule has 2 fully saturated rings. The van der Waals surface area contributed by atoms with Gasteiger partial charge in [0, 0.05) is 29.9 Å². The fraction of sp³-hybridized carbons (Fsp3) is 0.783. The van der Waals surface area contributed by atoms with Crippen molar-refractivity contribution in [2.24, 2.45) is 5.41 Å². The van der Waals surface area contributed by atoms with Gasteiger partial charge in [0.25, 0.3) is 5.91 Å². The van der Waals surface area contributed by atoms with E-state index in [2.05, 4.69) is 16.3 Å². The highest BCUT2D eigenvalue weighted by Gasteiger charge is 2.37.